The predicted molar refractivity (Wildman–Crippen MR) is 122 cm³/mol. The molecule has 1 aliphatic heterocycles. The summed E-state index contributed by atoms with van der Waals surface area (Å²) in [6.07, 6.45) is -0.342. The van der Waals surface area contributed by atoms with Crippen LogP contribution >= 0.6 is 0 Å². The molecule has 3 aromatic carbocycles. The number of benzene rings is 3. The van der Waals surface area contributed by atoms with E-state index in [0.29, 0.717) is 29.4 Å². The summed E-state index contributed by atoms with van der Waals surface area (Å²) in [4.78, 5) is 12.8. The van der Waals surface area contributed by atoms with Crippen molar-refractivity contribution in [2.75, 3.05) is 17.9 Å². The van der Waals surface area contributed by atoms with E-state index in [2.05, 4.69) is 10.0 Å². The molecule has 166 valence electrons. The largest absolute Gasteiger partial charge is 0.486 e. The first kappa shape index (κ1) is 21.7. The number of carbonyl (C=O) groups is 1. The number of fused-ring (bicyclic) bond motifs is 1. The highest BCUT2D eigenvalue weighted by atomic mass is 32.2. The molecule has 8 heteroatoms. The molecule has 0 unspecified atom stereocenters. The van der Waals surface area contributed by atoms with Gasteiger partial charge in [-0.3, -0.25) is 9.52 Å². The number of hydrogen-bond acceptors (Lipinski definition) is 5. The van der Waals surface area contributed by atoms with Crippen molar-refractivity contribution in [1.29, 1.82) is 0 Å². The lowest BCUT2D eigenvalue weighted by Gasteiger charge is -2.26. The van der Waals surface area contributed by atoms with Gasteiger partial charge in [0.05, 0.1) is 17.1 Å². The fourth-order valence-corrected chi connectivity index (χ4v) is 4.79. The Morgan fingerprint density at radius 1 is 0.969 bits per heavy atom. The zero-order chi connectivity index (χ0) is 22.7. The minimum absolute atomic E-state index is 0.0552. The zero-order valence-electron chi connectivity index (χ0n) is 17.8. The molecule has 7 nitrogen and oxygen atoms in total. The van der Waals surface area contributed by atoms with Crippen LogP contribution < -0.4 is 19.5 Å². The number of anilines is 1. The molecule has 3 aromatic rings. The molecule has 1 atom stereocenters. The normalized spacial score (nSPS) is 15.1. The van der Waals surface area contributed by atoms with Gasteiger partial charge in [0.1, 0.15) is 12.7 Å². The van der Waals surface area contributed by atoms with Gasteiger partial charge >= 0.3 is 0 Å². The number of sulfonamides is 1. The highest BCUT2D eigenvalue weighted by molar-refractivity contribution is 7.92. The summed E-state index contributed by atoms with van der Waals surface area (Å²) in [5.74, 6) is 0.911. The Balaban J connectivity index is 1.46. The predicted octanol–water partition coefficient (Wildman–Crippen LogP) is 3.67. The number of amides is 1. The second kappa shape index (κ2) is 8.92. The quantitative estimate of drug-likeness (QED) is 0.595. The number of ether oxygens (including phenoxy) is 2. The van der Waals surface area contributed by atoms with Gasteiger partial charge in [-0.25, -0.2) is 8.42 Å². The highest BCUT2D eigenvalue weighted by Crippen LogP contribution is 2.30. The third kappa shape index (κ3) is 4.70. The molecule has 0 spiro atoms. The third-order valence-corrected chi connectivity index (χ3v) is 6.69. The topological polar surface area (TPSA) is 93.7 Å². The Kier molecular flexibility index (Phi) is 6.05. The third-order valence-electron chi connectivity index (χ3n) is 5.19. The first-order valence-corrected chi connectivity index (χ1v) is 11.7. The maximum absolute atomic E-state index is 13.0. The van der Waals surface area contributed by atoms with Gasteiger partial charge in [0, 0.05) is 5.56 Å². The van der Waals surface area contributed by atoms with Gasteiger partial charge < -0.3 is 14.8 Å². The van der Waals surface area contributed by atoms with Crippen LogP contribution in [0.3, 0.4) is 0 Å². The molecular weight excluding hydrogens is 428 g/mol. The van der Waals surface area contributed by atoms with Crippen molar-refractivity contribution in [3.8, 4) is 11.5 Å². The van der Waals surface area contributed by atoms with E-state index in [1.165, 1.54) is 6.07 Å². The van der Waals surface area contributed by atoms with E-state index >= 15 is 0 Å². The summed E-state index contributed by atoms with van der Waals surface area (Å²) < 4.78 is 40.1. The number of carbonyl (C=O) groups excluding carboxylic acids is 1. The van der Waals surface area contributed by atoms with Gasteiger partial charge in [0.25, 0.3) is 15.9 Å². The van der Waals surface area contributed by atoms with Crippen LogP contribution in [0.15, 0.2) is 71.6 Å². The number of nitrogens with one attached hydrogen (secondary N) is 2. The summed E-state index contributed by atoms with van der Waals surface area (Å²) in [6.45, 7) is 4.05. The summed E-state index contributed by atoms with van der Waals surface area (Å²) >= 11 is 0. The molecule has 0 radical (unpaired) electrons. The highest BCUT2D eigenvalue weighted by Gasteiger charge is 2.23. The second-order valence-corrected chi connectivity index (χ2v) is 9.26. The van der Waals surface area contributed by atoms with E-state index in [4.69, 9.17) is 9.47 Å². The van der Waals surface area contributed by atoms with Crippen LogP contribution in [0.4, 0.5) is 5.69 Å². The van der Waals surface area contributed by atoms with E-state index in [1.54, 1.807) is 31.2 Å². The smallest absolute Gasteiger partial charge is 0.262 e. The molecule has 4 rings (SSSR count). The van der Waals surface area contributed by atoms with E-state index in [-0.39, 0.29) is 29.0 Å². The molecule has 0 aliphatic carbocycles. The van der Waals surface area contributed by atoms with Crippen molar-refractivity contribution < 1.29 is 22.7 Å². The van der Waals surface area contributed by atoms with Crippen LogP contribution in [0.25, 0.3) is 0 Å². The van der Waals surface area contributed by atoms with Crippen LogP contribution in [0.2, 0.25) is 0 Å². The second-order valence-electron chi connectivity index (χ2n) is 7.61. The lowest BCUT2D eigenvalue weighted by Crippen LogP contribution is -2.40. The average molecular weight is 453 g/mol. The fourth-order valence-electron chi connectivity index (χ4n) is 3.39. The van der Waals surface area contributed by atoms with Gasteiger partial charge in [0.15, 0.2) is 11.5 Å². The number of aryl methyl sites for hydroxylation is 2. The molecule has 32 heavy (non-hydrogen) atoms. The van der Waals surface area contributed by atoms with Crippen LogP contribution in [0, 0.1) is 13.8 Å². The number of para-hydroxylation sites is 3. The zero-order valence-corrected chi connectivity index (χ0v) is 18.6. The number of rotatable bonds is 6. The Hall–Kier alpha value is -3.52. The molecule has 0 fully saturated rings. The summed E-state index contributed by atoms with van der Waals surface area (Å²) in [7, 11) is -3.87. The van der Waals surface area contributed by atoms with E-state index in [0.717, 1.165) is 5.56 Å². The lowest BCUT2D eigenvalue weighted by molar-refractivity contribution is 0.0789. The fraction of sp³-hybridized carbons (Fsp3) is 0.208. The van der Waals surface area contributed by atoms with Crippen LogP contribution in [-0.4, -0.2) is 33.6 Å². The monoisotopic (exact) mass is 452 g/mol. The van der Waals surface area contributed by atoms with E-state index in [9.17, 15) is 13.2 Å². The van der Waals surface area contributed by atoms with Gasteiger partial charge in [-0.2, -0.15) is 0 Å². The molecule has 0 saturated carbocycles. The molecule has 0 aromatic heterocycles. The average Bonchev–Trinajstić information content (AvgIpc) is 2.79. The minimum atomic E-state index is -3.87. The molecule has 0 saturated heterocycles. The van der Waals surface area contributed by atoms with Crippen molar-refractivity contribution in [3.63, 3.8) is 0 Å². The van der Waals surface area contributed by atoms with Crippen molar-refractivity contribution in [3.05, 3.63) is 83.4 Å². The van der Waals surface area contributed by atoms with Gasteiger partial charge in [-0.15, -0.1) is 0 Å². The molecular formula is C24H24N2O5S. The Labute approximate surface area is 187 Å². The SMILES string of the molecule is Cc1ccccc1NS(=O)(=O)c1cc(C(=O)NC[C@H]2COc3ccccc3O2)ccc1C. The van der Waals surface area contributed by atoms with Gasteiger partial charge in [-0.1, -0.05) is 36.4 Å². The van der Waals surface area contributed by atoms with Crippen LogP contribution in [0.1, 0.15) is 21.5 Å². The first-order valence-electron chi connectivity index (χ1n) is 10.2. The van der Waals surface area contributed by atoms with Crippen molar-refractivity contribution in [1.82, 2.24) is 5.32 Å². The molecule has 0 bridgehead atoms. The molecule has 1 aliphatic rings. The van der Waals surface area contributed by atoms with Crippen LogP contribution in [0.5, 0.6) is 11.5 Å². The summed E-state index contributed by atoms with van der Waals surface area (Å²) in [5, 5.41) is 2.80. The summed E-state index contributed by atoms with van der Waals surface area (Å²) in [5.41, 5.74) is 2.09. The van der Waals surface area contributed by atoms with Crippen molar-refractivity contribution in [2.24, 2.45) is 0 Å². The van der Waals surface area contributed by atoms with Gasteiger partial charge in [-0.05, 0) is 55.3 Å². The van der Waals surface area contributed by atoms with Crippen molar-refractivity contribution in [2.45, 2.75) is 24.8 Å². The lowest BCUT2D eigenvalue weighted by atomic mass is 10.1. The van der Waals surface area contributed by atoms with Gasteiger partial charge in [0.2, 0.25) is 0 Å². The summed E-state index contributed by atoms with van der Waals surface area (Å²) in [6, 6.07) is 19.1. The maximum atomic E-state index is 13.0. The first-order chi connectivity index (χ1) is 15.3. The molecule has 1 heterocycles. The van der Waals surface area contributed by atoms with E-state index in [1.807, 2.05) is 43.3 Å². The maximum Gasteiger partial charge on any atom is 0.262 e. The molecule has 1 amide bonds. The van der Waals surface area contributed by atoms with E-state index < -0.39 is 10.0 Å². The standard InChI is InChI=1S/C24H24N2O5S/c1-16-7-3-4-8-20(16)26-32(28,29)23-13-18(12-11-17(23)2)24(27)25-14-19-15-30-21-9-5-6-10-22(21)31-19/h3-13,19,26H,14-15H2,1-2H3,(H,25,27)/t19-/m0/s1. The number of hydrogen-bond donors (Lipinski definition) is 2. The Morgan fingerprint density at radius 2 is 1.69 bits per heavy atom. The van der Waals surface area contributed by atoms with Crippen LogP contribution in [-0.2, 0) is 10.0 Å². The Bertz CT molecular complexity index is 1260. The Morgan fingerprint density at radius 3 is 2.47 bits per heavy atom. The minimum Gasteiger partial charge on any atom is -0.486 e. The van der Waals surface area contributed by atoms with Crippen molar-refractivity contribution >= 4 is 21.6 Å². The molecule has 2 N–H and O–H groups in total.